The van der Waals surface area contributed by atoms with Crippen molar-refractivity contribution in [3.05, 3.63) is 23.3 Å². The fourth-order valence-corrected chi connectivity index (χ4v) is 1.39. The Kier molecular flexibility index (Phi) is 2.31. The number of rotatable bonds is 0. The predicted octanol–water partition coefficient (Wildman–Crippen LogP) is 3.46. The Morgan fingerprint density at radius 3 is 2.42 bits per heavy atom. The minimum Gasteiger partial charge on any atom is -0.166 e. The van der Waals surface area contributed by atoms with E-state index in [2.05, 4.69) is 0 Å². The fraction of sp³-hybridized carbons (Fsp3) is 0.556. The summed E-state index contributed by atoms with van der Waals surface area (Å²) in [6.45, 7) is 3.42. The molecule has 0 N–H and O–H groups in total. The van der Waals surface area contributed by atoms with Crippen LogP contribution in [0.3, 0.4) is 0 Å². The Morgan fingerprint density at radius 1 is 1.42 bits per heavy atom. The molecular formula is C9H11F3. The highest BCUT2D eigenvalue weighted by Crippen LogP contribution is 2.35. The molecule has 0 nitrogen and oxygen atoms in total. The summed E-state index contributed by atoms with van der Waals surface area (Å²) in [4.78, 5) is 0. The molecule has 0 spiro atoms. The summed E-state index contributed by atoms with van der Waals surface area (Å²) in [5.74, 6) is 0.232. The molecule has 0 aromatic heterocycles. The minimum absolute atomic E-state index is 0.232. The van der Waals surface area contributed by atoms with Gasteiger partial charge in [-0.15, -0.1) is 0 Å². The number of allylic oxidation sites excluding steroid dienone is 4. The van der Waals surface area contributed by atoms with Crippen molar-refractivity contribution in [2.24, 2.45) is 5.92 Å². The van der Waals surface area contributed by atoms with Crippen LogP contribution >= 0.6 is 0 Å². The second-order valence-electron chi connectivity index (χ2n) is 3.18. The van der Waals surface area contributed by atoms with Gasteiger partial charge in [0, 0.05) is 0 Å². The second-order valence-corrected chi connectivity index (χ2v) is 3.18. The van der Waals surface area contributed by atoms with Gasteiger partial charge in [0.25, 0.3) is 0 Å². The standard InChI is InChI=1S/C9H11F3/c1-6-3-4-8(7(2)5-6)9(10,11)12/h4-6H,3H2,1-2H3. The highest BCUT2D eigenvalue weighted by Gasteiger charge is 2.35. The summed E-state index contributed by atoms with van der Waals surface area (Å²) in [6.07, 6.45) is -0.740. The van der Waals surface area contributed by atoms with Crippen molar-refractivity contribution >= 4 is 0 Å². The summed E-state index contributed by atoms with van der Waals surface area (Å²) in [5, 5.41) is 0. The van der Waals surface area contributed by atoms with Crippen LogP contribution in [-0.4, -0.2) is 6.18 Å². The lowest BCUT2D eigenvalue weighted by Crippen LogP contribution is -2.16. The van der Waals surface area contributed by atoms with Gasteiger partial charge in [-0.2, -0.15) is 13.2 Å². The first kappa shape index (κ1) is 9.36. The Hall–Kier alpha value is -0.730. The van der Waals surface area contributed by atoms with Crippen molar-refractivity contribution in [3.63, 3.8) is 0 Å². The highest BCUT2D eigenvalue weighted by molar-refractivity contribution is 5.36. The van der Waals surface area contributed by atoms with Crippen LogP contribution in [-0.2, 0) is 0 Å². The number of hydrogen-bond acceptors (Lipinski definition) is 0. The molecule has 0 radical (unpaired) electrons. The molecule has 1 unspecified atom stereocenters. The molecule has 0 heterocycles. The van der Waals surface area contributed by atoms with E-state index in [1.165, 1.54) is 13.0 Å². The summed E-state index contributed by atoms with van der Waals surface area (Å²) < 4.78 is 36.6. The van der Waals surface area contributed by atoms with Gasteiger partial charge in [-0.1, -0.05) is 19.1 Å². The molecule has 0 aliphatic heterocycles. The lowest BCUT2D eigenvalue weighted by molar-refractivity contribution is -0.0898. The van der Waals surface area contributed by atoms with E-state index >= 15 is 0 Å². The van der Waals surface area contributed by atoms with Gasteiger partial charge in [-0.25, -0.2) is 0 Å². The van der Waals surface area contributed by atoms with Gasteiger partial charge in [0.15, 0.2) is 0 Å². The third kappa shape index (κ3) is 1.90. The SMILES string of the molecule is CC1=CC(C)CC=C1C(F)(F)F. The Balaban J connectivity index is 2.89. The van der Waals surface area contributed by atoms with Crippen LogP contribution in [0.2, 0.25) is 0 Å². The summed E-state index contributed by atoms with van der Waals surface area (Å²) in [5.41, 5.74) is -0.123. The maximum absolute atomic E-state index is 12.2. The molecule has 0 bridgehead atoms. The molecule has 0 saturated carbocycles. The summed E-state index contributed by atoms with van der Waals surface area (Å²) in [7, 11) is 0. The van der Waals surface area contributed by atoms with E-state index in [-0.39, 0.29) is 5.92 Å². The third-order valence-electron chi connectivity index (χ3n) is 1.96. The maximum Gasteiger partial charge on any atom is 0.416 e. The average molecular weight is 176 g/mol. The number of alkyl halides is 3. The molecule has 0 amide bonds. The first-order valence-corrected chi connectivity index (χ1v) is 3.87. The molecule has 3 heteroatoms. The Bertz CT molecular complexity index is 233. The van der Waals surface area contributed by atoms with Crippen LogP contribution in [0, 0.1) is 5.92 Å². The minimum atomic E-state index is -4.18. The summed E-state index contributed by atoms with van der Waals surface area (Å²) in [6, 6.07) is 0. The molecule has 68 valence electrons. The molecule has 1 aliphatic carbocycles. The topological polar surface area (TPSA) is 0 Å². The number of hydrogen-bond donors (Lipinski definition) is 0. The van der Waals surface area contributed by atoms with Crippen LogP contribution in [0.25, 0.3) is 0 Å². The van der Waals surface area contributed by atoms with E-state index in [9.17, 15) is 13.2 Å². The Morgan fingerprint density at radius 2 is 2.00 bits per heavy atom. The van der Waals surface area contributed by atoms with Crippen LogP contribution < -0.4 is 0 Å². The van der Waals surface area contributed by atoms with Gasteiger partial charge < -0.3 is 0 Å². The zero-order valence-electron chi connectivity index (χ0n) is 7.07. The van der Waals surface area contributed by atoms with Gasteiger partial charge >= 0.3 is 6.18 Å². The van der Waals surface area contributed by atoms with Gasteiger partial charge in [0.05, 0.1) is 5.57 Å². The molecule has 0 fully saturated rings. The first-order valence-electron chi connectivity index (χ1n) is 3.87. The largest absolute Gasteiger partial charge is 0.416 e. The Labute approximate surface area is 69.8 Å². The maximum atomic E-state index is 12.2. The molecule has 0 aromatic rings. The van der Waals surface area contributed by atoms with Crippen LogP contribution in [0.5, 0.6) is 0 Å². The van der Waals surface area contributed by atoms with Crippen LogP contribution in [0.15, 0.2) is 23.3 Å². The van der Waals surface area contributed by atoms with Crippen molar-refractivity contribution in [2.45, 2.75) is 26.4 Å². The van der Waals surface area contributed by atoms with Gasteiger partial charge in [0.2, 0.25) is 0 Å². The van der Waals surface area contributed by atoms with E-state index in [1.807, 2.05) is 6.92 Å². The van der Waals surface area contributed by atoms with E-state index in [4.69, 9.17) is 0 Å². The molecule has 1 atom stereocenters. The lowest BCUT2D eigenvalue weighted by Gasteiger charge is -2.18. The zero-order valence-corrected chi connectivity index (χ0v) is 7.07. The van der Waals surface area contributed by atoms with Crippen molar-refractivity contribution in [1.29, 1.82) is 0 Å². The van der Waals surface area contributed by atoms with Crippen LogP contribution in [0.4, 0.5) is 13.2 Å². The average Bonchev–Trinajstić information content (AvgIpc) is 1.83. The number of halogens is 3. The zero-order chi connectivity index (χ0) is 9.35. The van der Waals surface area contributed by atoms with Crippen molar-refractivity contribution in [2.75, 3.05) is 0 Å². The predicted molar refractivity (Wildman–Crippen MR) is 41.7 cm³/mol. The summed E-state index contributed by atoms with van der Waals surface area (Å²) >= 11 is 0. The fourth-order valence-electron chi connectivity index (χ4n) is 1.39. The highest BCUT2D eigenvalue weighted by atomic mass is 19.4. The molecule has 1 rings (SSSR count). The quantitative estimate of drug-likeness (QED) is 0.530. The second kappa shape index (κ2) is 2.96. The molecule has 0 saturated heterocycles. The smallest absolute Gasteiger partial charge is 0.166 e. The van der Waals surface area contributed by atoms with Crippen molar-refractivity contribution < 1.29 is 13.2 Å². The molecule has 0 aromatic carbocycles. The van der Waals surface area contributed by atoms with Crippen molar-refractivity contribution in [3.8, 4) is 0 Å². The molecular weight excluding hydrogens is 165 g/mol. The molecule has 1 aliphatic rings. The van der Waals surface area contributed by atoms with E-state index in [0.717, 1.165) is 0 Å². The third-order valence-corrected chi connectivity index (χ3v) is 1.96. The van der Waals surface area contributed by atoms with Gasteiger partial charge in [-0.3, -0.25) is 0 Å². The van der Waals surface area contributed by atoms with Gasteiger partial charge in [0.1, 0.15) is 0 Å². The molecule has 12 heavy (non-hydrogen) atoms. The monoisotopic (exact) mass is 176 g/mol. The normalized spacial score (nSPS) is 24.9. The van der Waals surface area contributed by atoms with E-state index < -0.39 is 11.7 Å². The van der Waals surface area contributed by atoms with Gasteiger partial charge in [-0.05, 0) is 24.8 Å². The van der Waals surface area contributed by atoms with Crippen molar-refractivity contribution in [1.82, 2.24) is 0 Å². The van der Waals surface area contributed by atoms with E-state index in [1.54, 1.807) is 6.08 Å². The first-order chi connectivity index (χ1) is 5.41. The van der Waals surface area contributed by atoms with E-state index in [0.29, 0.717) is 12.0 Å². The lowest BCUT2D eigenvalue weighted by atomic mass is 9.92. The van der Waals surface area contributed by atoms with Crippen LogP contribution in [0.1, 0.15) is 20.3 Å².